The molecule has 7 rings (SSSR count). The maximum absolute atomic E-state index is 6.06. The van der Waals surface area contributed by atoms with Gasteiger partial charge in [-0.05, 0) is 59.7 Å². The first-order valence-electron chi connectivity index (χ1n) is 11.0. The Bertz CT molecular complexity index is 1790. The first kappa shape index (κ1) is 18.1. The fourth-order valence-electron chi connectivity index (χ4n) is 4.72. The molecule has 0 unspecified atom stereocenters. The predicted octanol–water partition coefficient (Wildman–Crippen LogP) is 8.90. The average Bonchev–Trinajstić information content (AvgIpc) is 3.43. The van der Waals surface area contributed by atoms with Crippen molar-refractivity contribution in [2.24, 2.45) is 0 Å². The molecule has 0 amide bonds. The van der Waals surface area contributed by atoms with E-state index in [1.165, 1.54) is 5.56 Å². The molecule has 0 saturated heterocycles. The van der Waals surface area contributed by atoms with Crippen LogP contribution in [-0.4, -0.2) is 0 Å². The van der Waals surface area contributed by atoms with Gasteiger partial charge in [-0.3, -0.25) is 0 Å². The van der Waals surface area contributed by atoms with E-state index in [9.17, 15) is 0 Å². The number of anilines is 2. The Balaban J connectivity index is 1.25. The van der Waals surface area contributed by atoms with E-state index >= 15 is 0 Å². The summed E-state index contributed by atoms with van der Waals surface area (Å²) in [6, 6.07) is 37.4. The molecular formula is C30H19NO2. The van der Waals surface area contributed by atoms with Crippen molar-refractivity contribution < 1.29 is 8.83 Å². The van der Waals surface area contributed by atoms with Crippen LogP contribution < -0.4 is 5.32 Å². The summed E-state index contributed by atoms with van der Waals surface area (Å²) < 4.78 is 12.0. The van der Waals surface area contributed by atoms with E-state index in [4.69, 9.17) is 8.83 Å². The van der Waals surface area contributed by atoms with Crippen LogP contribution in [0.1, 0.15) is 0 Å². The van der Waals surface area contributed by atoms with Gasteiger partial charge in [0.05, 0.1) is 0 Å². The smallest absolute Gasteiger partial charge is 0.136 e. The van der Waals surface area contributed by atoms with Crippen LogP contribution in [-0.2, 0) is 0 Å². The first-order chi connectivity index (χ1) is 16.3. The second-order valence-corrected chi connectivity index (χ2v) is 8.29. The van der Waals surface area contributed by atoms with E-state index in [2.05, 4.69) is 72.0 Å². The fraction of sp³-hybridized carbons (Fsp3) is 0. The monoisotopic (exact) mass is 425 g/mol. The number of hydrogen-bond donors (Lipinski definition) is 1. The van der Waals surface area contributed by atoms with Crippen LogP contribution in [0, 0.1) is 0 Å². The van der Waals surface area contributed by atoms with Gasteiger partial charge in [0.2, 0.25) is 0 Å². The number of para-hydroxylation sites is 2. The van der Waals surface area contributed by atoms with Crippen LogP contribution in [0.4, 0.5) is 11.4 Å². The van der Waals surface area contributed by atoms with Crippen LogP contribution in [0.3, 0.4) is 0 Å². The minimum atomic E-state index is 0.900. The Morgan fingerprint density at radius 3 is 1.94 bits per heavy atom. The zero-order valence-corrected chi connectivity index (χ0v) is 17.7. The van der Waals surface area contributed by atoms with Crippen LogP contribution in [0.25, 0.3) is 55.0 Å². The molecule has 33 heavy (non-hydrogen) atoms. The largest absolute Gasteiger partial charge is 0.456 e. The predicted molar refractivity (Wildman–Crippen MR) is 136 cm³/mol. The molecular weight excluding hydrogens is 406 g/mol. The molecule has 5 aromatic carbocycles. The van der Waals surface area contributed by atoms with Crippen LogP contribution >= 0.6 is 0 Å². The molecule has 0 saturated carbocycles. The molecule has 2 heterocycles. The van der Waals surface area contributed by atoms with Gasteiger partial charge in [0.1, 0.15) is 22.3 Å². The highest BCUT2D eigenvalue weighted by Crippen LogP contribution is 2.37. The summed E-state index contributed by atoms with van der Waals surface area (Å²) in [7, 11) is 0. The third kappa shape index (κ3) is 2.90. The van der Waals surface area contributed by atoms with Crippen molar-refractivity contribution in [2.75, 3.05) is 5.32 Å². The van der Waals surface area contributed by atoms with Crippen molar-refractivity contribution in [3.63, 3.8) is 0 Å². The highest BCUT2D eigenvalue weighted by atomic mass is 16.3. The molecule has 1 N–H and O–H groups in total. The average molecular weight is 425 g/mol. The van der Waals surface area contributed by atoms with Gasteiger partial charge in [0.15, 0.2) is 0 Å². The maximum Gasteiger partial charge on any atom is 0.136 e. The van der Waals surface area contributed by atoms with E-state index in [0.29, 0.717) is 0 Å². The van der Waals surface area contributed by atoms with Crippen molar-refractivity contribution in [2.45, 2.75) is 0 Å². The summed E-state index contributed by atoms with van der Waals surface area (Å²) in [5.41, 5.74) is 8.05. The van der Waals surface area contributed by atoms with Gasteiger partial charge in [-0.1, -0.05) is 60.7 Å². The summed E-state index contributed by atoms with van der Waals surface area (Å²) in [6.07, 6.45) is 0. The van der Waals surface area contributed by atoms with E-state index < -0.39 is 0 Å². The molecule has 0 aliphatic carbocycles. The van der Waals surface area contributed by atoms with Gasteiger partial charge >= 0.3 is 0 Å². The Labute approximate surface area is 189 Å². The Morgan fingerprint density at radius 1 is 0.455 bits per heavy atom. The molecule has 3 nitrogen and oxygen atoms in total. The van der Waals surface area contributed by atoms with Crippen LogP contribution in [0.2, 0.25) is 0 Å². The number of nitrogens with one attached hydrogen (secondary N) is 1. The fourth-order valence-corrected chi connectivity index (χ4v) is 4.72. The molecule has 3 heteroatoms. The summed E-state index contributed by atoms with van der Waals surface area (Å²) in [5, 5.41) is 8.08. The van der Waals surface area contributed by atoms with E-state index in [1.807, 2.05) is 42.5 Å². The number of furan rings is 2. The number of benzene rings is 5. The highest BCUT2D eigenvalue weighted by Gasteiger charge is 2.12. The lowest BCUT2D eigenvalue weighted by atomic mass is 9.99. The molecule has 0 fully saturated rings. The molecule has 0 radical (unpaired) electrons. The molecule has 0 atom stereocenters. The second-order valence-electron chi connectivity index (χ2n) is 8.29. The zero-order chi connectivity index (χ0) is 21.8. The van der Waals surface area contributed by atoms with E-state index in [-0.39, 0.29) is 0 Å². The summed E-state index contributed by atoms with van der Waals surface area (Å²) in [5.74, 6) is 0. The quantitative estimate of drug-likeness (QED) is 0.307. The summed E-state index contributed by atoms with van der Waals surface area (Å²) in [6.45, 7) is 0. The van der Waals surface area contributed by atoms with Crippen molar-refractivity contribution in [1.29, 1.82) is 0 Å². The highest BCUT2D eigenvalue weighted by molar-refractivity contribution is 6.12. The van der Waals surface area contributed by atoms with Gasteiger partial charge in [0, 0.05) is 32.9 Å². The summed E-state index contributed by atoms with van der Waals surface area (Å²) in [4.78, 5) is 0. The molecule has 7 aromatic rings. The number of rotatable bonds is 3. The number of fused-ring (bicyclic) bond motifs is 6. The number of hydrogen-bond acceptors (Lipinski definition) is 3. The van der Waals surface area contributed by atoms with Gasteiger partial charge < -0.3 is 14.2 Å². The molecule has 0 bridgehead atoms. The van der Waals surface area contributed by atoms with Crippen molar-refractivity contribution in [3.05, 3.63) is 109 Å². The molecule has 156 valence electrons. The lowest BCUT2D eigenvalue weighted by Gasteiger charge is -2.09. The van der Waals surface area contributed by atoms with Crippen molar-refractivity contribution >= 4 is 55.3 Å². The molecule has 0 aliphatic heterocycles. The van der Waals surface area contributed by atoms with Gasteiger partial charge in [-0.25, -0.2) is 0 Å². The minimum Gasteiger partial charge on any atom is -0.456 e. The molecule has 0 spiro atoms. The zero-order valence-electron chi connectivity index (χ0n) is 17.7. The third-order valence-electron chi connectivity index (χ3n) is 6.26. The van der Waals surface area contributed by atoms with Crippen molar-refractivity contribution in [3.8, 4) is 11.1 Å². The maximum atomic E-state index is 6.06. The standard InChI is InChI=1S/C30H19NO2/c1-3-9-26-23(6-1)25-18-21(16-17-28(25)32-26)31-20-14-12-19(13-15-20)22-8-5-11-29-30(22)24-7-2-4-10-27(24)33-29/h1-18,31H. The third-order valence-corrected chi connectivity index (χ3v) is 6.26. The van der Waals surface area contributed by atoms with Crippen LogP contribution in [0.5, 0.6) is 0 Å². The lowest BCUT2D eigenvalue weighted by Crippen LogP contribution is -1.90. The Kier molecular flexibility index (Phi) is 3.84. The summed E-state index contributed by atoms with van der Waals surface area (Å²) >= 11 is 0. The Morgan fingerprint density at radius 2 is 1.09 bits per heavy atom. The molecule has 2 aromatic heterocycles. The van der Waals surface area contributed by atoms with Gasteiger partial charge in [-0.2, -0.15) is 0 Å². The van der Waals surface area contributed by atoms with Gasteiger partial charge in [0.25, 0.3) is 0 Å². The Hall–Kier alpha value is -4.50. The molecule has 0 aliphatic rings. The van der Waals surface area contributed by atoms with Crippen LogP contribution in [0.15, 0.2) is 118 Å². The van der Waals surface area contributed by atoms with E-state index in [0.717, 1.165) is 60.8 Å². The first-order valence-corrected chi connectivity index (χ1v) is 11.0. The topological polar surface area (TPSA) is 38.3 Å². The lowest BCUT2D eigenvalue weighted by molar-refractivity contribution is 0.668. The second kappa shape index (κ2) is 7.01. The van der Waals surface area contributed by atoms with E-state index in [1.54, 1.807) is 0 Å². The van der Waals surface area contributed by atoms with Gasteiger partial charge in [-0.15, -0.1) is 0 Å². The minimum absolute atomic E-state index is 0.900. The SMILES string of the molecule is c1ccc2c(c1)oc1ccc(Nc3ccc(-c4cccc5oc6ccccc6c45)cc3)cc12. The normalized spacial score (nSPS) is 11.6. The van der Waals surface area contributed by atoms with Crippen molar-refractivity contribution in [1.82, 2.24) is 0 Å².